The van der Waals surface area contributed by atoms with E-state index in [1.54, 1.807) is 6.07 Å². The minimum Gasteiger partial charge on any atom is -0.448 e. The largest absolute Gasteiger partial charge is 0.457 e. The zero-order chi connectivity index (χ0) is 25.8. The van der Waals surface area contributed by atoms with Gasteiger partial charge in [-0.3, -0.25) is 4.98 Å². The number of rotatable bonds is 6. The van der Waals surface area contributed by atoms with Crippen LogP contribution in [0.25, 0.3) is 5.65 Å². The molecule has 4 heterocycles. The molecule has 1 saturated heterocycles. The van der Waals surface area contributed by atoms with Crippen LogP contribution in [-0.4, -0.2) is 51.2 Å². The SMILES string of the molecule is CC[C@@H]1C2CN(c3ccnc(C(F)(F)F)c3)C[C@H]2[C@@H]1Nc1nc2c(OC(F)C(F)(F)F)cccn2n1. The lowest BCUT2D eigenvalue weighted by Crippen LogP contribution is -2.54. The molecule has 0 spiro atoms. The Labute approximate surface area is 200 Å². The molecule has 2 fully saturated rings. The molecule has 7 nitrogen and oxygen atoms in total. The molecule has 36 heavy (non-hydrogen) atoms. The molecule has 194 valence electrons. The Kier molecular flexibility index (Phi) is 5.86. The van der Waals surface area contributed by atoms with Gasteiger partial charge in [-0.15, -0.1) is 5.10 Å². The van der Waals surface area contributed by atoms with Gasteiger partial charge in [-0.2, -0.15) is 35.7 Å². The maximum Gasteiger partial charge on any atom is 0.457 e. The highest BCUT2D eigenvalue weighted by Gasteiger charge is 2.54. The van der Waals surface area contributed by atoms with Gasteiger partial charge in [-0.1, -0.05) is 13.3 Å². The van der Waals surface area contributed by atoms with Crippen molar-refractivity contribution in [3.05, 3.63) is 42.4 Å². The van der Waals surface area contributed by atoms with Crippen molar-refractivity contribution < 1.29 is 35.5 Å². The van der Waals surface area contributed by atoms with Crippen molar-refractivity contribution in [3.8, 4) is 5.75 Å². The van der Waals surface area contributed by atoms with Gasteiger partial charge in [0.1, 0.15) is 5.69 Å². The highest BCUT2D eigenvalue weighted by atomic mass is 19.4. The maximum absolute atomic E-state index is 13.4. The van der Waals surface area contributed by atoms with Crippen molar-refractivity contribution in [3.63, 3.8) is 0 Å². The lowest BCUT2D eigenvalue weighted by molar-refractivity contribution is -0.236. The number of halogens is 7. The standard InChI is InChI=1S/C22H21F7N6O/c1-2-12-13-9-34(11-5-6-30-16(8-11)21(24,25)26)10-14(13)17(12)31-20-32-18-15(4-3-7-35(18)33-20)36-19(23)22(27,28)29/h3-8,12-14,17,19H,2,9-10H2,1H3,(H,31,33)/t12-,13?,14-,17-,19?/m1/s1. The predicted molar refractivity (Wildman–Crippen MR) is 114 cm³/mol. The predicted octanol–water partition coefficient (Wildman–Crippen LogP) is 4.95. The Morgan fingerprint density at radius 3 is 2.58 bits per heavy atom. The first-order valence-corrected chi connectivity index (χ1v) is 11.2. The first-order valence-electron chi connectivity index (χ1n) is 11.2. The summed E-state index contributed by atoms with van der Waals surface area (Å²) in [6, 6.07) is 5.02. The highest BCUT2D eigenvalue weighted by Crippen LogP contribution is 2.49. The van der Waals surface area contributed by atoms with E-state index < -0.39 is 30.2 Å². The molecule has 2 unspecified atom stereocenters. The number of fused-ring (bicyclic) bond motifs is 2. The molecule has 1 saturated carbocycles. The summed E-state index contributed by atoms with van der Waals surface area (Å²) in [6.07, 6.45) is -9.84. The molecule has 3 aromatic rings. The Balaban J connectivity index is 1.33. The third kappa shape index (κ3) is 4.37. The minimum absolute atomic E-state index is 0.0830. The number of anilines is 2. The number of nitrogens with one attached hydrogen (secondary N) is 1. The molecule has 0 bridgehead atoms. The second-order valence-corrected chi connectivity index (χ2v) is 8.92. The zero-order valence-corrected chi connectivity index (χ0v) is 18.8. The smallest absolute Gasteiger partial charge is 0.448 e. The molecule has 1 aliphatic carbocycles. The van der Waals surface area contributed by atoms with Crippen LogP contribution >= 0.6 is 0 Å². The summed E-state index contributed by atoms with van der Waals surface area (Å²) >= 11 is 0. The number of ether oxygens (including phenoxy) is 1. The summed E-state index contributed by atoms with van der Waals surface area (Å²) in [5.41, 5.74) is -0.590. The lowest BCUT2D eigenvalue weighted by atomic mass is 9.61. The molecule has 2 aliphatic rings. The van der Waals surface area contributed by atoms with Gasteiger partial charge in [0.15, 0.2) is 11.4 Å². The molecule has 0 radical (unpaired) electrons. The Bertz CT molecular complexity index is 1250. The molecule has 14 heteroatoms. The van der Waals surface area contributed by atoms with Crippen LogP contribution in [0.15, 0.2) is 36.7 Å². The van der Waals surface area contributed by atoms with Gasteiger partial charge in [0.25, 0.3) is 0 Å². The monoisotopic (exact) mass is 518 g/mol. The summed E-state index contributed by atoms with van der Waals surface area (Å²) in [4.78, 5) is 9.52. The summed E-state index contributed by atoms with van der Waals surface area (Å²) in [6.45, 7) is 3.11. The van der Waals surface area contributed by atoms with Crippen molar-refractivity contribution in [2.75, 3.05) is 23.3 Å². The van der Waals surface area contributed by atoms with Crippen LogP contribution in [-0.2, 0) is 6.18 Å². The normalized spacial score (nSPS) is 24.9. The van der Waals surface area contributed by atoms with Crippen LogP contribution < -0.4 is 15.0 Å². The summed E-state index contributed by atoms with van der Waals surface area (Å²) in [5, 5.41) is 7.45. The molecule has 0 amide bonds. The van der Waals surface area contributed by atoms with Gasteiger partial charge >= 0.3 is 18.7 Å². The van der Waals surface area contributed by atoms with Crippen LogP contribution in [0.1, 0.15) is 19.0 Å². The van der Waals surface area contributed by atoms with E-state index in [2.05, 4.69) is 25.1 Å². The van der Waals surface area contributed by atoms with Crippen LogP contribution in [0.2, 0.25) is 0 Å². The topological polar surface area (TPSA) is 67.6 Å². The third-order valence-corrected chi connectivity index (χ3v) is 6.87. The number of hydrogen-bond acceptors (Lipinski definition) is 6. The van der Waals surface area contributed by atoms with Gasteiger partial charge in [0.2, 0.25) is 5.95 Å². The van der Waals surface area contributed by atoms with E-state index in [0.29, 0.717) is 18.8 Å². The average Bonchev–Trinajstić information content (AvgIpc) is 3.39. The Hall–Kier alpha value is -3.32. The number of alkyl halides is 7. The van der Waals surface area contributed by atoms with E-state index in [1.807, 2.05) is 11.8 Å². The van der Waals surface area contributed by atoms with E-state index in [9.17, 15) is 30.7 Å². The second kappa shape index (κ2) is 8.66. The minimum atomic E-state index is -5.19. The molecular formula is C22H21F7N6O. The van der Waals surface area contributed by atoms with E-state index in [4.69, 9.17) is 0 Å². The molecule has 5 atom stereocenters. The quantitative estimate of drug-likeness (QED) is 0.466. The highest BCUT2D eigenvalue weighted by molar-refractivity contribution is 5.56. The fourth-order valence-electron chi connectivity index (χ4n) is 5.24. The van der Waals surface area contributed by atoms with E-state index in [0.717, 1.165) is 18.7 Å². The van der Waals surface area contributed by atoms with Gasteiger partial charge in [0, 0.05) is 43.1 Å². The first kappa shape index (κ1) is 24.4. The fraction of sp³-hybridized carbons (Fsp3) is 0.500. The van der Waals surface area contributed by atoms with Crippen molar-refractivity contribution >= 4 is 17.3 Å². The number of pyridine rings is 2. The zero-order valence-electron chi connectivity index (χ0n) is 18.8. The van der Waals surface area contributed by atoms with Gasteiger partial charge in [-0.25, -0.2) is 4.52 Å². The second-order valence-electron chi connectivity index (χ2n) is 8.92. The third-order valence-electron chi connectivity index (χ3n) is 6.87. The number of nitrogens with zero attached hydrogens (tertiary/aromatic N) is 5. The van der Waals surface area contributed by atoms with E-state index >= 15 is 0 Å². The summed E-state index contributed by atoms with van der Waals surface area (Å²) in [5.74, 6) is 0.251. The van der Waals surface area contributed by atoms with Gasteiger partial charge in [-0.05, 0) is 36.1 Å². The Morgan fingerprint density at radius 2 is 1.89 bits per heavy atom. The molecule has 1 N–H and O–H groups in total. The van der Waals surface area contributed by atoms with Gasteiger partial charge in [0.05, 0.1) is 0 Å². The van der Waals surface area contributed by atoms with Crippen molar-refractivity contribution in [2.24, 2.45) is 17.8 Å². The van der Waals surface area contributed by atoms with Crippen LogP contribution in [0.3, 0.4) is 0 Å². The first-order chi connectivity index (χ1) is 17.0. The molecule has 0 aromatic carbocycles. The number of hydrogen-bond donors (Lipinski definition) is 1. The van der Waals surface area contributed by atoms with Gasteiger partial charge < -0.3 is 15.0 Å². The van der Waals surface area contributed by atoms with Crippen molar-refractivity contribution in [1.29, 1.82) is 0 Å². The van der Waals surface area contributed by atoms with E-state index in [-0.39, 0.29) is 35.4 Å². The van der Waals surface area contributed by atoms with Crippen LogP contribution in [0, 0.1) is 17.8 Å². The molecule has 3 aromatic heterocycles. The molecule has 5 rings (SSSR count). The van der Waals surface area contributed by atoms with Crippen LogP contribution in [0.5, 0.6) is 5.75 Å². The van der Waals surface area contributed by atoms with Crippen molar-refractivity contribution in [2.45, 2.75) is 38.1 Å². The number of aromatic nitrogens is 4. The molecule has 1 aliphatic heterocycles. The fourth-order valence-corrected chi connectivity index (χ4v) is 5.24. The Morgan fingerprint density at radius 1 is 1.14 bits per heavy atom. The van der Waals surface area contributed by atoms with Crippen LogP contribution in [0.4, 0.5) is 42.4 Å². The van der Waals surface area contributed by atoms with Crippen molar-refractivity contribution in [1.82, 2.24) is 19.6 Å². The average molecular weight is 518 g/mol. The summed E-state index contributed by atoms with van der Waals surface area (Å²) in [7, 11) is 0. The lowest BCUT2D eigenvalue weighted by Gasteiger charge is -2.47. The maximum atomic E-state index is 13.4. The molecular weight excluding hydrogens is 497 g/mol. The summed E-state index contributed by atoms with van der Waals surface area (Å²) < 4.78 is 96.1. The van der Waals surface area contributed by atoms with E-state index in [1.165, 1.54) is 22.8 Å².